The van der Waals surface area contributed by atoms with Crippen molar-refractivity contribution < 1.29 is 4.21 Å². The lowest BCUT2D eigenvalue weighted by Crippen LogP contribution is -2.42. The lowest BCUT2D eigenvalue weighted by Gasteiger charge is -2.34. The van der Waals surface area contributed by atoms with Gasteiger partial charge < -0.3 is 0 Å². The summed E-state index contributed by atoms with van der Waals surface area (Å²) >= 11 is -0.111. The second-order valence-corrected chi connectivity index (χ2v) is 5.46. The van der Waals surface area contributed by atoms with Crippen LogP contribution in [0.3, 0.4) is 0 Å². The van der Waals surface area contributed by atoms with E-state index in [0.717, 1.165) is 16.7 Å². The van der Waals surface area contributed by atoms with Crippen molar-refractivity contribution >= 4 is 11.9 Å². The summed E-state index contributed by atoms with van der Waals surface area (Å²) in [6, 6.07) is 30.3. The van der Waals surface area contributed by atoms with Crippen LogP contribution >= 0.6 is 0 Å². The fourth-order valence-corrected chi connectivity index (χ4v) is 3.35. The average molecular weight is 307 g/mol. The van der Waals surface area contributed by atoms with Crippen molar-refractivity contribution in [1.29, 1.82) is 0 Å². The van der Waals surface area contributed by atoms with Crippen LogP contribution in [0, 0.1) is 0 Å². The fourth-order valence-electron chi connectivity index (χ4n) is 2.83. The molecule has 0 radical (unpaired) electrons. The average Bonchev–Trinajstić information content (AvgIpc) is 2.62. The van der Waals surface area contributed by atoms with E-state index in [1.165, 1.54) is 0 Å². The van der Waals surface area contributed by atoms with Crippen LogP contribution in [0.2, 0.25) is 0 Å². The van der Waals surface area contributed by atoms with Crippen LogP contribution in [0.4, 0.5) is 0 Å². The highest BCUT2D eigenvalue weighted by molar-refractivity contribution is 7.63. The molecule has 0 saturated heterocycles. The molecule has 22 heavy (non-hydrogen) atoms. The van der Waals surface area contributed by atoms with E-state index in [9.17, 15) is 4.21 Å². The highest BCUT2D eigenvalue weighted by Gasteiger charge is 2.35. The van der Waals surface area contributed by atoms with Crippen molar-refractivity contribution in [2.75, 3.05) is 0 Å². The summed E-state index contributed by atoms with van der Waals surface area (Å²) in [6.07, 6.45) is 0. The summed E-state index contributed by atoms with van der Waals surface area (Å²) < 4.78 is 14.7. The van der Waals surface area contributed by atoms with Gasteiger partial charge in [-0.05, 0) is 16.7 Å². The zero-order valence-corrected chi connectivity index (χ0v) is 12.9. The van der Waals surface area contributed by atoms with Crippen LogP contribution in [-0.2, 0) is 17.4 Å². The van der Waals surface area contributed by atoms with Crippen molar-refractivity contribution in [3.05, 3.63) is 108 Å². The quantitative estimate of drug-likeness (QED) is 0.549. The van der Waals surface area contributed by atoms with E-state index in [-0.39, 0.29) is 11.9 Å². The van der Waals surface area contributed by atoms with Crippen molar-refractivity contribution in [3.63, 3.8) is 0 Å². The zero-order chi connectivity index (χ0) is 15.3. The molecule has 3 heteroatoms. The van der Waals surface area contributed by atoms with Crippen LogP contribution < -0.4 is 4.72 Å². The van der Waals surface area contributed by atoms with Crippen molar-refractivity contribution in [3.8, 4) is 0 Å². The van der Waals surface area contributed by atoms with Gasteiger partial charge in [0, 0.05) is 0 Å². The molecule has 0 unspecified atom stereocenters. The summed E-state index contributed by atoms with van der Waals surface area (Å²) in [4.78, 5) is 0. The standard InChI is InChI=1S/C19H17NOS/c21-22-20-19(16-10-4-1-5-11-16,17-12-6-2-7-13-17)18-14-8-3-9-15-18/h1-15,22H,(H,20,21). The Hall–Kier alpha value is -2.23. The van der Waals surface area contributed by atoms with Crippen molar-refractivity contribution in [2.45, 2.75) is 5.54 Å². The summed E-state index contributed by atoms with van der Waals surface area (Å²) in [6.45, 7) is 0. The maximum absolute atomic E-state index is 11.5. The Morgan fingerprint density at radius 2 is 0.909 bits per heavy atom. The third-order valence-corrected chi connectivity index (χ3v) is 4.26. The van der Waals surface area contributed by atoms with E-state index in [1.807, 2.05) is 54.6 Å². The molecule has 2 nitrogen and oxygen atoms in total. The molecule has 0 aliphatic heterocycles. The van der Waals surface area contributed by atoms with Gasteiger partial charge in [-0.1, -0.05) is 91.0 Å². The third-order valence-electron chi connectivity index (χ3n) is 3.83. The largest absolute Gasteiger partial charge is 0.246 e. The van der Waals surface area contributed by atoms with Gasteiger partial charge >= 0.3 is 0 Å². The van der Waals surface area contributed by atoms with E-state index in [2.05, 4.69) is 41.1 Å². The maximum atomic E-state index is 11.5. The smallest absolute Gasteiger partial charge is 0.106 e. The lowest BCUT2D eigenvalue weighted by atomic mass is 9.78. The maximum Gasteiger partial charge on any atom is 0.106 e. The van der Waals surface area contributed by atoms with E-state index in [1.54, 1.807) is 0 Å². The van der Waals surface area contributed by atoms with E-state index in [4.69, 9.17) is 0 Å². The van der Waals surface area contributed by atoms with Crippen LogP contribution in [0.15, 0.2) is 91.0 Å². The molecule has 3 aromatic carbocycles. The Morgan fingerprint density at radius 1 is 0.591 bits per heavy atom. The summed E-state index contributed by atoms with van der Waals surface area (Å²) in [5, 5.41) is 0. The Labute approximate surface area is 134 Å². The number of thiol groups is 1. The van der Waals surface area contributed by atoms with Gasteiger partial charge in [-0.2, -0.15) is 0 Å². The highest BCUT2D eigenvalue weighted by Crippen LogP contribution is 2.36. The molecule has 0 atom stereocenters. The molecule has 0 bridgehead atoms. The SMILES string of the molecule is O=[SH]NC(c1ccccc1)(c1ccccc1)c1ccccc1. The van der Waals surface area contributed by atoms with Gasteiger partial charge in [-0.3, -0.25) is 0 Å². The third kappa shape index (κ3) is 2.61. The van der Waals surface area contributed by atoms with E-state index in [0.29, 0.717) is 0 Å². The summed E-state index contributed by atoms with van der Waals surface area (Å²) in [5.74, 6) is 0. The fraction of sp³-hybridized carbons (Fsp3) is 0.0526. The Morgan fingerprint density at radius 3 is 1.18 bits per heavy atom. The molecular weight excluding hydrogens is 290 g/mol. The second-order valence-electron chi connectivity index (χ2n) is 5.05. The minimum Gasteiger partial charge on any atom is -0.246 e. The van der Waals surface area contributed by atoms with Gasteiger partial charge in [0.15, 0.2) is 0 Å². The van der Waals surface area contributed by atoms with Gasteiger partial charge in [0.25, 0.3) is 0 Å². The van der Waals surface area contributed by atoms with Gasteiger partial charge in [0.1, 0.15) is 5.54 Å². The normalized spacial score (nSPS) is 11.3. The molecule has 0 amide bonds. The molecule has 1 N–H and O–H groups in total. The van der Waals surface area contributed by atoms with Crippen LogP contribution in [0.5, 0.6) is 0 Å². The molecule has 3 aromatic rings. The minimum absolute atomic E-state index is 0.111. The summed E-state index contributed by atoms with van der Waals surface area (Å²) in [7, 11) is 0. The Bertz CT molecular complexity index is 632. The predicted octanol–water partition coefficient (Wildman–Crippen LogP) is 3.43. The number of nitrogens with one attached hydrogen (secondary N) is 1. The Balaban J connectivity index is 2.31. The molecule has 0 saturated carbocycles. The van der Waals surface area contributed by atoms with Crippen molar-refractivity contribution in [2.24, 2.45) is 0 Å². The number of benzene rings is 3. The molecular formula is C19H17NOS. The molecule has 0 aliphatic rings. The highest BCUT2D eigenvalue weighted by atomic mass is 32.2. The topological polar surface area (TPSA) is 29.1 Å². The first kappa shape index (κ1) is 14.7. The monoisotopic (exact) mass is 307 g/mol. The number of hydrogen-bond donors (Lipinski definition) is 2. The molecule has 0 fully saturated rings. The van der Waals surface area contributed by atoms with Gasteiger partial charge in [-0.25, -0.2) is 8.93 Å². The van der Waals surface area contributed by atoms with E-state index >= 15 is 0 Å². The molecule has 0 spiro atoms. The second kappa shape index (κ2) is 6.69. The molecule has 0 heterocycles. The molecule has 0 aromatic heterocycles. The summed E-state index contributed by atoms with van der Waals surface area (Å²) in [5.41, 5.74) is 2.51. The number of rotatable bonds is 5. The first-order chi connectivity index (χ1) is 10.9. The predicted molar refractivity (Wildman–Crippen MR) is 91.9 cm³/mol. The van der Waals surface area contributed by atoms with E-state index < -0.39 is 5.54 Å². The van der Waals surface area contributed by atoms with Crippen LogP contribution in [-0.4, -0.2) is 4.21 Å². The molecule has 3 rings (SSSR count). The van der Waals surface area contributed by atoms with Gasteiger partial charge in [0.05, 0.1) is 11.9 Å². The first-order valence-corrected chi connectivity index (χ1v) is 7.95. The van der Waals surface area contributed by atoms with Gasteiger partial charge in [-0.15, -0.1) is 0 Å². The lowest BCUT2D eigenvalue weighted by molar-refractivity contribution is 0.583. The number of hydrogen-bond acceptors (Lipinski definition) is 1. The minimum atomic E-state index is -0.646. The first-order valence-electron chi connectivity index (χ1n) is 7.14. The zero-order valence-electron chi connectivity index (χ0n) is 12.0. The molecule has 0 aliphatic carbocycles. The van der Waals surface area contributed by atoms with Crippen LogP contribution in [0.1, 0.15) is 16.7 Å². The van der Waals surface area contributed by atoms with Crippen molar-refractivity contribution in [1.82, 2.24) is 4.72 Å². The van der Waals surface area contributed by atoms with Crippen LogP contribution in [0.25, 0.3) is 0 Å². The molecule has 110 valence electrons. The Kier molecular flexibility index (Phi) is 4.47. The van der Waals surface area contributed by atoms with Gasteiger partial charge in [0.2, 0.25) is 0 Å².